The lowest BCUT2D eigenvalue weighted by Crippen LogP contribution is -2.12. The van der Waals surface area contributed by atoms with E-state index in [-0.39, 0.29) is 17.7 Å². The first-order valence-corrected chi connectivity index (χ1v) is 7.58. The fourth-order valence-corrected chi connectivity index (χ4v) is 2.44. The summed E-state index contributed by atoms with van der Waals surface area (Å²) in [5, 5.41) is -0.689. The third-order valence-corrected chi connectivity index (χ3v) is 3.14. The molecule has 0 radical (unpaired) electrons. The zero-order chi connectivity index (χ0) is 14.0. The van der Waals surface area contributed by atoms with Crippen molar-refractivity contribution >= 4 is 20.5 Å². The lowest BCUT2D eigenvalue weighted by Gasteiger charge is -2.10. The van der Waals surface area contributed by atoms with Crippen LogP contribution < -0.4 is 4.18 Å². The van der Waals surface area contributed by atoms with Crippen LogP contribution in [0.25, 0.3) is 0 Å². The summed E-state index contributed by atoms with van der Waals surface area (Å²) in [4.78, 5) is 3.46. The lowest BCUT2D eigenvalue weighted by atomic mass is 10.1. The van der Waals surface area contributed by atoms with Crippen molar-refractivity contribution in [2.24, 2.45) is 0 Å². The fourth-order valence-electron chi connectivity index (χ4n) is 1.35. The molecule has 0 aliphatic rings. The maximum Gasteiger partial charge on any atom is 0.446 e. The van der Waals surface area contributed by atoms with Crippen molar-refractivity contribution in [2.45, 2.75) is 24.8 Å². The maximum atomic E-state index is 11.1. The van der Waals surface area contributed by atoms with Crippen LogP contribution in [0.15, 0.2) is 17.3 Å². The monoisotopic (exact) mass is 297 g/mol. The van der Waals surface area contributed by atoms with Gasteiger partial charge in [0.15, 0.2) is 10.8 Å². The fraction of sp³-hybridized carbons (Fsp3) is 0.375. The normalized spacial score (nSPS) is 12.4. The minimum Gasteiger partial charge on any atom is -0.361 e. The molecule has 0 aromatic carbocycles. The van der Waals surface area contributed by atoms with Gasteiger partial charge < -0.3 is 4.18 Å². The molecule has 0 saturated heterocycles. The predicted molar refractivity (Wildman–Crippen MR) is 60.2 cm³/mol. The average molecular weight is 297 g/mol. The second-order valence-corrected chi connectivity index (χ2v) is 5.69. The van der Waals surface area contributed by atoms with Gasteiger partial charge in [-0.25, -0.2) is 4.98 Å². The number of hydrogen-bond acceptors (Lipinski definition) is 6. The summed E-state index contributed by atoms with van der Waals surface area (Å²) >= 11 is 0. The van der Waals surface area contributed by atoms with Crippen LogP contribution in [0.1, 0.15) is 18.9 Å². The van der Waals surface area contributed by atoms with Gasteiger partial charge in [-0.2, -0.15) is 16.8 Å². The van der Waals surface area contributed by atoms with Crippen molar-refractivity contribution in [3.8, 4) is 5.75 Å². The van der Waals surface area contributed by atoms with Crippen molar-refractivity contribution in [3.05, 3.63) is 17.8 Å². The molecule has 0 spiro atoms. The molecule has 0 aliphatic carbocycles. The summed E-state index contributed by atoms with van der Waals surface area (Å²) in [5.74, 6) is -0.387. The van der Waals surface area contributed by atoms with Gasteiger partial charge in [-0.1, -0.05) is 13.3 Å². The Morgan fingerprint density at radius 3 is 2.33 bits per heavy atom. The van der Waals surface area contributed by atoms with Gasteiger partial charge in [-0.3, -0.25) is 9.11 Å². The molecule has 0 atom stereocenters. The maximum absolute atomic E-state index is 11.1. The first kappa shape index (κ1) is 14.8. The highest BCUT2D eigenvalue weighted by Crippen LogP contribution is 2.26. The topological polar surface area (TPSA) is 131 Å². The van der Waals surface area contributed by atoms with Gasteiger partial charge in [-0.15, -0.1) is 0 Å². The summed E-state index contributed by atoms with van der Waals surface area (Å²) in [6, 6.07) is 1.08. The summed E-state index contributed by atoms with van der Waals surface area (Å²) in [7, 11) is -9.39. The predicted octanol–water partition coefficient (Wildman–Crippen LogP) is 0.462. The second-order valence-electron chi connectivity index (χ2n) is 3.33. The summed E-state index contributed by atoms with van der Waals surface area (Å²) < 4.78 is 65.2. The molecule has 0 unspecified atom stereocenters. The number of pyridine rings is 1. The Morgan fingerprint density at radius 1 is 1.28 bits per heavy atom. The van der Waals surface area contributed by atoms with E-state index >= 15 is 0 Å². The Bertz CT molecular complexity index is 635. The van der Waals surface area contributed by atoms with Gasteiger partial charge in [-0.05, 0) is 6.42 Å². The minimum absolute atomic E-state index is 0.105. The Kier molecular flexibility index (Phi) is 4.27. The SMILES string of the molecule is CCCc1c(OS(=O)(=O)O)ccnc1S(=O)(=O)O. The number of hydrogen-bond donors (Lipinski definition) is 2. The van der Waals surface area contributed by atoms with Crippen molar-refractivity contribution in [1.82, 2.24) is 4.98 Å². The third-order valence-electron chi connectivity index (χ3n) is 1.91. The highest BCUT2D eigenvalue weighted by Gasteiger charge is 2.22. The van der Waals surface area contributed by atoms with Crippen LogP contribution in [0.5, 0.6) is 5.75 Å². The van der Waals surface area contributed by atoms with E-state index in [1.807, 2.05) is 0 Å². The molecule has 0 fully saturated rings. The van der Waals surface area contributed by atoms with E-state index in [1.165, 1.54) is 0 Å². The van der Waals surface area contributed by atoms with Crippen molar-refractivity contribution in [1.29, 1.82) is 0 Å². The standard InChI is InChI=1S/C8H11NO7S2/c1-2-3-6-7(16-18(13,14)15)4-5-9-8(6)17(10,11)12/h4-5H,2-3H2,1H3,(H,10,11,12)(H,13,14,15). The van der Waals surface area contributed by atoms with Crippen LogP contribution in [-0.2, 0) is 26.9 Å². The highest BCUT2D eigenvalue weighted by molar-refractivity contribution is 7.85. The zero-order valence-corrected chi connectivity index (χ0v) is 10.9. The molecule has 0 aliphatic heterocycles. The molecule has 1 aromatic rings. The van der Waals surface area contributed by atoms with Crippen molar-refractivity contribution < 1.29 is 30.1 Å². The van der Waals surface area contributed by atoms with Crippen LogP contribution in [0.2, 0.25) is 0 Å². The van der Waals surface area contributed by atoms with Gasteiger partial charge in [0.25, 0.3) is 0 Å². The molecular formula is C8H11NO7S2. The first-order valence-electron chi connectivity index (χ1n) is 4.77. The number of rotatable bonds is 5. The molecule has 0 bridgehead atoms. The molecule has 10 heteroatoms. The first-order chi connectivity index (χ1) is 8.15. The van der Waals surface area contributed by atoms with E-state index in [2.05, 4.69) is 9.17 Å². The quantitative estimate of drug-likeness (QED) is 0.749. The van der Waals surface area contributed by atoms with Crippen molar-refractivity contribution in [3.63, 3.8) is 0 Å². The summed E-state index contributed by atoms with van der Waals surface area (Å²) in [5.41, 5.74) is -0.111. The summed E-state index contributed by atoms with van der Waals surface area (Å²) in [6.07, 6.45) is 1.51. The van der Waals surface area contributed by atoms with Crippen molar-refractivity contribution in [2.75, 3.05) is 0 Å². The van der Waals surface area contributed by atoms with E-state index in [1.54, 1.807) is 6.92 Å². The molecule has 1 heterocycles. The molecule has 0 saturated carbocycles. The Morgan fingerprint density at radius 2 is 1.89 bits per heavy atom. The van der Waals surface area contributed by atoms with Gasteiger partial charge in [0.2, 0.25) is 0 Å². The number of aromatic nitrogens is 1. The largest absolute Gasteiger partial charge is 0.446 e. The van der Waals surface area contributed by atoms with Crippen LogP contribution in [0.3, 0.4) is 0 Å². The smallest absolute Gasteiger partial charge is 0.361 e. The van der Waals surface area contributed by atoms with E-state index in [9.17, 15) is 16.8 Å². The van der Waals surface area contributed by atoms with Crippen LogP contribution in [-0.4, -0.2) is 30.9 Å². The molecule has 1 aromatic heterocycles. The van der Waals surface area contributed by atoms with Crippen LogP contribution in [0, 0.1) is 0 Å². The Labute approximate surface area is 104 Å². The second kappa shape index (κ2) is 5.18. The van der Waals surface area contributed by atoms with Gasteiger partial charge in [0.05, 0.1) is 0 Å². The Hall–Kier alpha value is -1.23. The highest BCUT2D eigenvalue weighted by atomic mass is 32.3. The van der Waals surface area contributed by atoms with E-state index in [4.69, 9.17) is 9.11 Å². The summed E-state index contributed by atoms with van der Waals surface area (Å²) in [6.45, 7) is 1.71. The molecule has 8 nitrogen and oxygen atoms in total. The molecule has 102 valence electrons. The average Bonchev–Trinajstić information content (AvgIpc) is 2.17. The molecular weight excluding hydrogens is 286 g/mol. The van der Waals surface area contributed by atoms with E-state index in [0.29, 0.717) is 6.42 Å². The minimum atomic E-state index is -4.78. The number of nitrogens with zero attached hydrogens (tertiary/aromatic N) is 1. The van der Waals surface area contributed by atoms with E-state index < -0.39 is 25.5 Å². The van der Waals surface area contributed by atoms with Crippen LogP contribution >= 0.6 is 0 Å². The molecule has 2 N–H and O–H groups in total. The molecule has 0 amide bonds. The Balaban J connectivity index is 3.44. The van der Waals surface area contributed by atoms with Gasteiger partial charge in [0, 0.05) is 17.8 Å². The van der Waals surface area contributed by atoms with E-state index in [0.717, 1.165) is 12.3 Å². The van der Waals surface area contributed by atoms with Gasteiger partial charge >= 0.3 is 20.5 Å². The lowest BCUT2D eigenvalue weighted by molar-refractivity contribution is 0.383. The molecule has 18 heavy (non-hydrogen) atoms. The molecule has 1 rings (SSSR count). The van der Waals surface area contributed by atoms with Gasteiger partial charge in [0.1, 0.15) is 0 Å². The third kappa shape index (κ3) is 3.91. The van der Waals surface area contributed by atoms with Crippen LogP contribution in [0.4, 0.5) is 0 Å². The zero-order valence-electron chi connectivity index (χ0n) is 9.27.